The van der Waals surface area contributed by atoms with E-state index in [0.717, 1.165) is 19.5 Å². The van der Waals surface area contributed by atoms with Gasteiger partial charge in [0.05, 0.1) is 17.8 Å². The number of aromatic nitrogens is 1. The molecule has 3 fully saturated rings. The van der Waals surface area contributed by atoms with Crippen molar-refractivity contribution in [1.82, 2.24) is 19.7 Å². The van der Waals surface area contributed by atoms with E-state index in [1.54, 1.807) is 30.2 Å². The van der Waals surface area contributed by atoms with Gasteiger partial charge in [-0.3, -0.25) is 9.69 Å². The zero-order chi connectivity index (χ0) is 28.3. The topological polar surface area (TPSA) is 98.7 Å². The third-order valence-electron chi connectivity index (χ3n) is 8.69. The quantitative estimate of drug-likeness (QED) is 0.594. The number of ether oxygens (including phenoxy) is 2. The molecule has 2 aromatic rings. The van der Waals surface area contributed by atoms with Crippen molar-refractivity contribution in [3.8, 4) is 17.0 Å². The SMILES string of the molecule is COC1CN([C@@H]2CN(c3nc(-c4ccccc4F)c(Cl)c4c3C(=O)N3CCN(C(=O)O)C[C@@H]3CO4)C(C)(C)C2)C1. The number of carboxylic acid groups (broad SMARTS) is 1. The molecule has 12 heteroatoms. The average Bonchev–Trinajstić information content (AvgIpc) is 3.12. The summed E-state index contributed by atoms with van der Waals surface area (Å²) in [5, 5.41) is 9.60. The summed E-state index contributed by atoms with van der Waals surface area (Å²) in [5.41, 5.74) is 0.281. The van der Waals surface area contributed by atoms with Crippen LogP contribution < -0.4 is 9.64 Å². The molecule has 40 heavy (non-hydrogen) atoms. The van der Waals surface area contributed by atoms with Gasteiger partial charge in [-0.25, -0.2) is 14.2 Å². The van der Waals surface area contributed by atoms with Gasteiger partial charge in [-0.15, -0.1) is 0 Å². The zero-order valence-electron chi connectivity index (χ0n) is 22.8. The number of pyridine rings is 1. The number of methoxy groups -OCH3 is 1. The molecule has 1 aromatic heterocycles. The Labute approximate surface area is 237 Å². The molecule has 4 aliphatic rings. The highest BCUT2D eigenvalue weighted by Gasteiger charge is 2.48. The second-order valence-electron chi connectivity index (χ2n) is 11.6. The zero-order valence-corrected chi connectivity index (χ0v) is 23.5. The molecule has 3 saturated heterocycles. The van der Waals surface area contributed by atoms with Crippen molar-refractivity contribution in [3.63, 3.8) is 0 Å². The predicted molar refractivity (Wildman–Crippen MR) is 147 cm³/mol. The minimum Gasteiger partial charge on any atom is -0.489 e. The van der Waals surface area contributed by atoms with Crippen LogP contribution in [0.5, 0.6) is 5.75 Å². The lowest BCUT2D eigenvalue weighted by molar-refractivity contribution is -0.0475. The third-order valence-corrected chi connectivity index (χ3v) is 9.04. The second-order valence-corrected chi connectivity index (χ2v) is 11.9. The van der Waals surface area contributed by atoms with Gasteiger partial charge in [0.25, 0.3) is 5.91 Å². The Morgan fingerprint density at radius 2 is 1.93 bits per heavy atom. The number of amides is 2. The first-order valence-electron chi connectivity index (χ1n) is 13.5. The fourth-order valence-corrected chi connectivity index (χ4v) is 6.68. The molecule has 1 aromatic carbocycles. The molecule has 1 N–H and O–H groups in total. The van der Waals surface area contributed by atoms with Gasteiger partial charge in [0.1, 0.15) is 28.8 Å². The Morgan fingerprint density at radius 3 is 2.62 bits per heavy atom. The number of carbonyl (C=O) groups is 2. The van der Waals surface area contributed by atoms with Crippen LogP contribution in [0, 0.1) is 5.82 Å². The van der Waals surface area contributed by atoms with E-state index in [-0.39, 0.29) is 77.4 Å². The van der Waals surface area contributed by atoms with Gasteiger partial charge in [-0.05, 0) is 32.4 Å². The largest absolute Gasteiger partial charge is 0.489 e. The molecular formula is C28H33ClFN5O5. The Bertz CT molecular complexity index is 1350. The summed E-state index contributed by atoms with van der Waals surface area (Å²) in [6.45, 7) is 7.13. The number of benzene rings is 1. The van der Waals surface area contributed by atoms with Crippen molar-refractivity contribution in [1.29, 1.82) is 0 Å². The summed E-state index contributed by atoms with van der Waals surface area (Å²) in [7, 11) is 1.72. The third kappa shape index (κ3) is 4.44. The lowest BCUT2D eigenvalue weighted by atomic mass is 9.97. The Hall–Kier alpha value is -3.15. The maximum atomic E-state index is 15.0. The van der Waals surface area contributed by atoms with Gasteiger partial charge in [0.2, 0.25) is 0 Å². The van der Waals surface area contributed by atoms with Crippen LogP contribution in [-0.4, -0.2) is 114 Å². The monoisotopic (exact) mass is 573 g/mol. The molecular weight excluding hydrogens is 541 g/mol. The van der Waals surface area contributed by atoms with Gasteiger partial charge in [0, 0.05) is 63.5 Å². The van der Waals surface area contributed by atoms with E-state index in [2.05, 4.69) is 23.6 Å². The first-order valence-corrected chi connectivity index (χ1v) is 13.9. The van der Waals surface area contributed by atoms with Gasteiger partial charge >= 0.3 is 6.09 Å². The standard InChI is InChI=1S/C28H33ClFN5O5/c1-28(2)10-16(33-13-18(14-33)39-3)12-35(28)25-21-24(22(29)23(31-25)19-6-4-5-7-20(19)30)40-15-17-11-32(27(37)38)8-9-34(17)26(21)36/h4-7,16-18H,8-15H2,1-3H3,(H,37,38)/t16-,17+/m0/s1. The van der Waals surface area contributed by atoms with E-state index < -0.39 is 18.0 Å². The van der Waals surface area contributed by atoms with Crippen LogP contribution in [0.25, 0.3) is 11.3 Å². The van der Waals surface area contributed by atoms with Crippen molar-refractivity contribution in [3.05, 3.63) is 40.7 Å². The van der Waals surface area contributed by atoms with Crippen LogP contribution in [0.15, 0.2) is 24.3 Å². The highest BCUT2D eigenvalue weighted by molar-refractivity contribution is 6.35. The lowest BCUT2D eigenvalue weighted by Gasteiger charge is -2.42. The van der Waals surface area contributed by atoms with E-state index in [0.29, 0.717) is 12.4 Å². The fraction of sp³-hybridized carbons (Fsp3) is 0.536. The van der Waals surface area contributed by atoms with Crippen LogP contribution in [0.1, 0.15) is 30.6 Å². The van der Waals surface area contributed by atoms with E-state index in [1.807, 2.05) is 0 Å². The highest BCUT2D eigenvalue weighted by Crippen LogP contribution is 2.47. The van der Waals surface area contributed by atoms with Crippen LogP contribution in [0.4, 0.5) is 15.0 Å². The Balaban J connectivity index is 1.46. The number of rotatable bonds is 4. The fourth-order valence-electron chi connectivity index (χ4n) is 6.39. The Morgan fingerprint density at radius 1 is 1.18 bits per heavy atom. The number of hydrogen-bond donors (Lipinski definition) is 1. The molecule has 2 atom stereocenters. The predicted octanol–water partition coefficient (Wildman–Crippen LogP) is 3.43. The minimum atomic E-state index is -1.04. The maximum Gasteiger partial charge on any atom is 0.407 e. The Kier molecular flexibility index (Phi) is 6.79. The number of piperazine rings is 1. The number of halogens is 2. The molecule has 6 rings (SSSR count). The average molecular weight is 574 g/mol. The van der Waals surface area contributed by atoms with Crippen molar-refractivity contribution >= 4 is 29.4 Å². The normalized spacial score (nSPS) is 24.7. The highest BCUT2D eigenvalue weighted by atomic mass is 35.5. The first-order chi connectivity index (χ1) is 19.1. The number of nitrogens with zero attached hydrogens (tertiary/aromatic N) is 5. The van der Waals surface area contributed by atoms with E-state index in [9.17, 15) is 14.7 Å². The van der Waals surface area contributed by atoms with E-state index >= 15 is 4.39 Å². The molecule has 0 unspecified atom stereocenters. The number of hydrogen-bond acceptors (Lipinski definition) is 7. The van der Waals surface area contributed by atoms with Crippen molar-refractivity contribution < 1.29 is 28.6 Å². The smallest absolute Gasteiger partial charge is 0.407 e. The first kappa shape index (κ1) is 27.0. The summed E-state index contributed by atoms with van der Waals surface area (Å²) in [5.74, 6) is -0.231. The second kappa shape index (κ2) is 10.0. The molecule has 214 valence electrons. The van der Waals surface area contributed by atoms with Crippen LogP contribution in [0.2, 0.25) is 5.02 Å². The number of carbonyl (C=O) groups excluding carboxylic acids is 1. The molecule has 2 amide bonds. The van der Waals surface area contributed by atoms with Gasteiger partial charge in [-0.2, -0.15) is 0 Å². The molecule has 0 spiro atoms. The summed E-state index contributed by atoms with van der Waals surface area (Å²) < 4.78 is 26.8. The van der Waals surface area contributed by atoms with Crippen molar-refractivity contribution in [2.45, 2.75) is 44.0 Å². The molecule has 0 saturated carbocycles. The van der Waals surface area contributed by atoms with Crippen LogP contribution in [0.3, 0.4) is 0 Å². The van der Waals surface area contributed by atoms with Crippen molar-refractivity contribution in [2.24, 2.45) is 0 Å². The molecule has 0 bridgehead atoms. The summed E-state index contributed by atoms with van der Waals surface area (Å²) in [6, 6.07) is 5.99. The minimum absolute atomic E-state index is 0.0562. The van der Waals surface area contributed by atoms with Gasteiger partial charge in [-0.1, -0.05) is 23.7 Å². The summed E-state index contributed by atoms with van der Waals surface area (Å²) >= 11 is 6.87. The van der Waals surface area contributed by atoms with Crippen molar-refractivity contribution in [2.75, 3.05) is 57.9 Å². The molecule has 0 aliphatic carbocycles. The molecule has 0 radical (unpaired) electrons. The number of likely N-dealkylation sites (tertiary alicyclic amines) is 1. The van der Waals surface area contributed by atoms with E-state index in [1.165, 1.54) is 11.0 Å². The van der Waals surface area contributed by atoms with Crippen LogP contribution >= 0.6 is 11.6 Å². The van der Waals surface area contributed by atoms with E-state index in [4.69, 9.17) is 26.1 Å². The summed E-state index contributed by atoms with van der Waals surface area (Å²) in [6.07, 6.45) is 0.0146. The van der Waals surface area contributed by atoms with Crippen LogP contribution in [-0.2, 0) is 4.74 Å². The molecule has 5 heterocycles. The maximum absolute atomic E-state index is 15.0. The lowest BCUT2D eigenvalue weighted by Crippen LogP contribution is -2.57. The molecule has 4 aliphatic heterocycles. The van der Waals surface area contributed by atoms with Gasteiger partial charge < -0.3 is 29.3 Å². The molecule has 10 nitrogen and oxygen atoms in total. The van der Waals surface area contributed by atoms with Gasteiger partial charge in [0.15, 0.2) is 5.75 Å². The number of anilines is 1. The summed E-state index contributed by atoms with van der Waals surface area (Å²) in [4.78, 5) is 38.2. The number of fused-ring (bicyclic) bond motifs is 2.